The van der Waals surface area contributed by atoms with Crippen LogP contribution in [0.15, 0.2) is 30.3 Å². The van der Waals surface area contributed by atoms with Gasteiger partial charge in [-0.25, -0.2) is 14.2 Å². The summed E-state index contributed by atoms with van der Waals surface area (Å²) < 4.78 is 25.9. The number of ether oxygens (including phenoxy) is 2. The number of hydrogen-bond acceptors (Lipinski definition) is 5. The number of nitrogens with zero attached hydrogens (tertiary/aromatic N) is 2. The molecule has 200 valence electrons. The number of carbonyl (C=O) groups excluding carboxylic acids is 1. The topological polar surface area (TPSA) is 79.5 Å². The third-order valence-electron chi connectivity index (χ3n) is 7.49. The first-order chi connectivity index (χ1) is 17.6. The van der Waals surface area contributed by atoms with Crippen molar-refractivity contribution in [2.75, 3.05) is 33.8 Å². The summed E-state index contributed by atoms with van der Waals surface area (Å²) in [7, 11) is 3.64. The molecule has 2 atom stereocenters. The molecule has 2 aromatic carbocycles. The average Bonchev–Trinajstić information content (AvgIpc) is 3.30. The number of aromatic nitrogens is 2. The SMILES string of the molecule is CNC(=O)O[C@@]1(CCN(C)CCCc2nc3c(C)ccc(C)c3[nH]2)COc2cc(F)ccc2[C@@H]1C(C)C. The lowest BCUT2D eigenvalue weighted by Gasteiger charge is -2.46. The maximum absolute atomic E-state index is 13.9. The number of halogens is 1. The van der Waals surface area contributed by atoms with Crippen LogP contribution in [-0.4, -0.2) is 60.4 Å². The molecule has 8 heteroatoms. The predicted octanol–water partition coefficient (Wildman–Crippen LogP) is 5.50. The number of fused-ring (bicyclic) bond motifs is 2. The summed E-state index contributed by atoms with van der Waals surface area (Å²) in [5.74, 6) is 1.23. The molecular formula is C29H39FN4O3. The van der Waals surface area contributed by atoms with Crippen molar-refractivity contribution in [2.45, 2.75) is 58.5 Å². The molecule has 1 aromatic heterocycles. The number of alkyl carbamates (subject to hydrolysis) is 1. The normalized spacial score (nSPS) is 19.2. The molecule has 4 rings (SSSR count). The van der Waals surface area contributed by atoms with Gasteiger partial charge in [-0.1, -0.05) is 32.0 Å². The van der Waals surface area contributed by atoms with Crippen LogP contribution in [-0.2, 0) is 11.2 Å². The molecule has 0 bridgehead atoms. The number of rotatable bonds is 9. The van der Waals surface area contributed by atoms with Crippen LogP contribution in [0.25, 0.3) is 11.0 Å². The lowest BCUT2D eigenvalue weighted by Crippen LogP contribution is -2.53. The van der Waals surface area contributed by atoms with Crippen molar-refractivity contribution in [3.05, 3.63) is 58.7 Å². The van der Waals surface area contributed by atoms with Gasteiger partial charge in [0.2, 0.25) is 0 Å². The molecule has 1 amide bonds. The van der Waals surface area contributed by atoms with Gasteiger partial charge in [-0.3, -0.25) is 0 Å². The van der Waals surface area contributed by atoms with Gasteiger partial charge in [-0.05, 0) is 57.0 Å². The molecular weight excluding hydrogens is 471 g/mol. The Labute approximate surface area is 218 Å². The summed E-state index contributed by atoms with van der Waals surface area (Å²) >= 11 is 0. The Morgan fingerprint density at radius 2 is 2.03 bits per heavy atom. The molecule has 3 aromatic rings. The summed E-state index contributed by atoms with van der Waals surface area (Å²) in [6, 6.07) is 8.86. The number of carbonyl (C=O) groups is 1. The number of aromatic amines is 1. The minimum absolute atomic E-state index is 0.121. The molecule has 0 saturated carbocycles. The van der Waals surface area contributed by atoms with Crippen molar-refractivity contribution in [3.63, 3.8) is 0 Å². The molecule has 7 nitrogen and oxygen atoms in total. The molecule has 0 aliphatic carbocycles. The fourth-order valence-corrected chi connectivity index (χ4v) is 5.57. The molecule has 0 fully saturated rings. The highest BCUT2D eigenvalue weighted by atomic mass is 19.1. The Hall–Kier alpha value is -3.13. The second kappa shape index (κ2) is 11.1. The van der Waals surface area contributed by atoms with Gasteiger partial charge >= 0.3 is 6.09 Å². The minimum atomic E-state index is -0.860. The maximum Gasteiger partial charge on any atom is 0.407 e. The van der Waals surface area contributed by atoms with Crippen molar-refractivity contribution in [1.82, 2.24) is 20.2 Å². The van der Waals surface area contributed by atoms with Crippen molar-refractivity contribution in [1.29, 1.82) is 0 Å². The Morgan fingerprint density at radius 1 is 1.27 bits per heavy atom. The second-order valence-electron chi connectivity index (χ2n) is 10.7. The van der Waals surface area contributed by atoms with Crippen LogP contribution in [0.5, 0.6) is 5.75 Å². The van der Waals surface area contributed by atoms with Gasteiger partial charge in [0.25, 0.3) is 0 Å². The summed E-state index contributed by atoms with van der Waals surface area (Å²) in [6.45, 7) is 10.2. The fourth-order valence-electron chi connectivity index (χ4n) is 5.57. The Kier molecular flexibility index (Phi) is 8.07. The number of aryl methyl sites for hydroxylation is 3. The highest BCUT2D eigenvalue weighted by Crippen LogP contribution is 2.47. The zero-order valence-electron chi connectivity index (χ0n) is 22.8. The summed E-state index contributed by atoms with van der Waals surface area (Å²) in [6.07, 6.45) is 1.91. The first-order valence-corrected chi connectivity index (χ1v) is 13.1. The van der Waals surface area contributed by atoms with E-state index in [1.165, 1.54) is 23.3 Å². The largest absolute Gasteiger partial charge is 0.489 e. The molecule has 1 aliphatic heterocycles. The molecule has 0 radical (unpaired) electrons. The number of hydrogen-bond donors (Lipinski definition) is 2. The monoisotopic (exact) mass is 510 g/mol. The summed E-state index contributed by atoms with van der Waals surface area (Å²) in [5, 5.41) is 2.59. The molecule has 37 heavy (non-hydrogen) atoms. The van der Waals surface area contributed by atoms with Gasteiger partial charge < -0.3 is 24.7 Å². The number of amides is 1. The van der Waals surface area contributed by atoms with Crippen LogP contribution in [0.1, 0.15) is 55.1 Å². The third kappa shape index (κ3) is 5.74. The van der Waals surface area contributed by atoms with E-state index in [1.807, 2.05) is 0 Å². The van der Waals surface area contributed by atoms with Crippen LogP contribution in [0.2, 0.25) is 0 Å². The van der Waals surface area contributed by atoms with E-state index in [-0.39, 0.29) is 24.3 Å². The number of H-pyrrole nitrogens is 1. The van der Waals surface area contributed by atoms with Crippen LogP contribution in [0.3, 0.4) is 0 Å². The zero-order valence-corrected chi connectivity index (χ0v) is 22.8. The van der Waals surface area contributed by atoms with Crippen molar-refractivity contribution < 1.29 is 18.7 Å². The summed E-state index contributed by atoms with van der Waals surface area (Å²) in [5.41, 5.74) is 4.57. The van der Waals surface area contributed by atoms with E-state index in [4.69, 9.17) is 14.5 Å². The van der Waals surface area contributed by atoms with Crippen molar-refractivity contribution >= 4 is 17.1 Å². The Morgan fingerprint density at radius 3 is 2.73 bits per heavy atom. The highest BCUT2D eigenvalue weighted by molar-refractivity contribution is 5.81. The lowest BCUT2D eigenvalue weighted by molar-refractivity contribution is -0.0724. The van der Waals surface area contributed by atoms with E-state index in [0.29, 0.717) is 12.2 Å². The predicted molar refractivity (Wildman–Crippen MR) is 144 cm³/mol. The standard InChI is InChI=1S/C29H39FN4O3/c1-18(2)25-22-12-11-21(30)16-23(22)36-17-29(25,37-28(35)31-5)13-15-34(6)14-7-8-24-32-26-19(3)9-10-20(4)27(26)33-24/h9-12,16,18,25H,7-8,13-15,17H2,1-6H3,(H,31,35)(H,32,33)/t25-,29-/m0/s1. The van der Waals surface area contributed by atoms with Crippen LogP contribution in [0, 0.1) is 25.6 Å². The van der Waals surface area contributed by atoms with Gasteiger partial charge in [0.15, 0.2) is 5.60 Å². The number of nitrogens with one attached hydrogen (secondary N) is 2. The fraction of sp³-hybridized carbons (Fsp3) is 0.517. The first kappa shape index (κ1) is 26.9. The van der Waals surface area contributed by atoms with Gasteiger partial charge in [0.05, 0.1) is 11.0 Å². The van der Waals surface area contributed by atoms with E-state index in [1.54, 1.807) is 13.1 Å². The van der Waals surface area contributed by atoms with E-state index >= 15 is 0 Å². The average molecular weight is 511 g/mol. The van der Waals surface area contributed by atoms with Gasteiger partial charge in [-0.2, -0.15) is 0 Å². The van der Waals surface area contributed by atoms with Crippen LogP contribution in [0.4, 0.5) is 9.18 Å². The van der Waals surface area contributed by atoms with Gasteiger partial charge in [0.1, 0.15) is 24.0 Å². The molecule has 0 saturated heterocycles. The van der Waals surface area contributed by atoms with E-state index in [9.17, 15) is 9.18 Å². The highest BCUT2D eigenvalue weighted by Gasteiger charge is 2.49. The number of benzene rings is 2. The lowest BCUT2D eigenvalue weighted by atomic mass is 9.72. The first-order valence-electron chi connectivity index (χ1n) is 13.1. The summed E-state index contributed by atoms with van der Waals surface area (Å²) in [4.78, 5) is 23.0. The van der Waals surface area contributed by atoms with Gasteiger partial charge in [-0.15, -0.1) is 0 Å². The molecule has 1 aliphatic rings. The van der Waals surface area contributed by atoms with Crippen LogP contribution >= 0.6 is 0 Å². The van der Waals surface area contributed by atoms with Crippen LogP contribution < -0.4 is 10.1 Å². The molecule has 0 spiro atoms. The van der Waals surface area contributed by atoms with Gasteiger partial charge in [0, 0.05) is 44.0 Å². The third-order valence-corrected chi connectivity index (χ3v) is 7.49. The van der Waals surface area contributed by atoms with Crippen molar-refractivity contribution in [3.8, 4) is 5.75 Å². The zero-order chi connectivity index (χ0) is 26.7. The quantitative estimate of drug-likeness (QED) is 0.397. The second-order valence-corrected chi connectivity index (χ2v) is 10.7. The molecule has 0 unspecified atom stereocenters. The Balaban J connectivity index is 1.44. The maximum atomic E-state index is 13.9. The minimum Gasteiger partial charge on any atom is -0.489 e. The van der Waals surface area contributed by atoms with E-state index in [2.05, 4.69) is 62.1 Å². The number of imidazole rings is 1. The smallest absolute Gasteiger partial charge is 0.407 e. The van der Waals surface area contributed by atoms with E-state index in [0.717, 1.165) is 48.4 Å². The Bertz CT molecular complexity index is 1220. The molecule has 2 N–H and O–H groups in total. The van der Waals surface area contributed by atoms with E-state index < -0.39 is 11.7 Å². The van der Waals surface area contributed by atoms with Crippen molar-refractivity contribution in [2.24, 2.45) is 5.92 Å². The molecule has 2 heterocycles.